The van der Waals surface area contributed by atoms with Crippen LogP contribution in [-0.2, 0) is 14.3 Å². The highest BCUT2D eigenvalue weighted by atomic mass is 16.5. The highest BCUT2D eigenvalue weighted by Crippen LogP contribution is 2.30. The van der Waals surface area contributed by atoms with E-state index in [1.807, 2.05) is 0 Å². The van der Waals surface area contributed by atoms with Crippen LogP contribution in [0.2, 0.25) is 0 Å². The molecule has 23 heavy (non-hydrogen) atoms. The third kappa shape index (κ3) is 3.69. The molecule has 0 spiro atoms. The van der Waals surface area contributed by atoms with Crippen molar-refractivity contribution in [3.05, 3.63) is 36.0 Å². The van der Waals surface area contributed by atoms with Crippen LogP contribution in [0.1, 0.15) is 17.9 Å². The summed E-state index contributed by atoms with van der Waals surface area (Å²) in [5.74, 6) is -1.74. The van der Waals surface area contributed by atoms with E-state index >= 15 is 0 Å². The molecule has 3 N–H and O–H groups in total. The van der Waals surface area contributed by atoms with Gasteiger partial charge in [-0.3, -0.25) is 9.36 Å². The first kappa shape index (κ1) is 17.0. The second kappa shape index (κ2) is 7.75. The van der Waals surface area contributed by atoms with E-state index in [0.29, 0.717) is 36.0 Å². The summed E-state index contributed by atoms with van der Waals surface area (Å²) in [6, 6.07) is 7.13. The van der Waals surface area contributed by atoms with Gasteiger partial charge >= 0.3 is 12.1 Å². The van der Waals surface area contributed by atoms with Crippen molar-refractivity contribution in [3.63, 3.8) is 0 Å². The minimum absolute atomic E-state index is 0.284. The molecule has 1 atom stereocenters. The predicted octanol–water partition coefficient (Wildman–Crippen LogP) is 1.79. The lowest BCUT2D eigenvalue weighted by Gasteiger charge is -2.11. The van der Waals surface area contributed by atoms with E-state index in [2.05, 4.69) is 0 Å². The molecule has 7 nitrogen and oxygen atoms in total. The number of hydrogen-bond acceptors (Lipinski definition) is 5. The molecule has 1 unspecified atom stereocenters. The highest BCUT2D eigenvalue weighted by Gasteiger charge is 2.25. The number of aromatic nitrogens is 1. The number of carboxylic acid groups (broad SMARTS) is 1. The average molecular weight is 320 g/mol. The number of rotatable bonds is 7. The first-order chi connectivity index (χ1) is 11.1. The van der Waals surface area contributed by atoms with Gasteiger partial charge < -0.3 is 20.3 Å². The number of carboxylic acids is 1. The van der Waals surface area contributed by atoms with Crippen molar-refractivity contribution in [1.29, 1.82) is 0 Å². The Bertz CT molecular complexity index is 695. The number of fused-ring (bicyclic) bond motifs is 1. The van der Waals surface area contributed by atoms with Crippen molar-refractivity contribution in [2.75, 3.05) is 26.9 Å². The van der Waals surface area contributed by atoms with Gasteiger partial charge in [0.2, 0.25) is 0 Å². The van der Waals surface area contributed by atoms with E-state index in [1.165, 1.54) is 17.9 Å². The summed E-state index contributed by atoms with van der Waals surface area (Å²) in [4.78, 5) is 23.5. The molecule has 7 heteroatoms. The zero-order valence-corrected chi connectivity index (χ0v) is 12.9. The first-order valence-electron chi connectivity index (χ1n) is 7.29. The molecule has 1 aromatic heterocycles. The largest absolute Gasteiger partial charge is 0.481 e. The molecule has 1 heterocycles. The molecular weight excluding hydrogens is 300 g/mol. The lowest BCUT2D eigenvalue weighted by atomic mass is 9.96. The van der Waals surface area contributed by atoms with Crippen LogP contribution in [0.15, 0.2) is 30.5 Å². The molecule has 1 aromatic carbocycles. The van der Waals surface area contributed by atoms with Crippen LogP contribution in [0, 0.1) is 0 Å². The molecule has 0 fully saturated rings. The number of carbonyl (C=O) groups excluding carboxylic acids is 1. The molecule has 124 valence electrons. The Labute approximate surface area is 133 Å². The van der Waals surface area contributed by atoms with Crippen molar-refractivity contribution < 1.29 is 24.2 Å². The number of nitrogens with zero attached hydrogens (tertiary/aromatic N) is 1. The third-order valence-corrected chi connectivity index (χ3v) is 3.60. The van der Waals surface area contributed by atoms with Gasteiger partial charge in [-0.05, 0) is 18.1 Å². The smallest absolute Gasteiger partial charge is 0.418 e. The lowest BCUT2D eigenvalue weighted by molar-refractivity contribution is -0.139. The third-order valence-electron chi connectivity index (χ3n) is 3.60. The van der Waals surface area contributed by atoms with E-state index in [1.54, 1.807) is 24.3 Å². The standard InChI is InChI=1S/C16H20N2O5/c1-22-16(21)18-10-13(11-4-2-3-5-14(11)18)12(15(19)20)6-8-23-9-7-17/h2-5,10,12H,6-9,17H2,1H3,(H,19,20). The van der Waals surface area contributed by atoms with Gasteiger partial charge in [-0.15, -0.1) is 0 Å². The molecular formula is C16H20N2O5. The Morgan fingerprint density at radius 1 is 1.30 bits per heavy atom. The molecule has 0 amide bonds. The maximum atomic E-state index is 11.9. The summed E-state index contributed by atoms with van der Waals surface area (Å²) >= 11 is 0. The van der Waals surface area contributed by atoms with Gasteiger partial charge in [-0.2, -0.15) is 0 Å². The van der Waals surface area contributed by atoms with Crippen LogP contribution >= 0.6 is 0 Å². The second-order valence-corrected chi connectivity index (χ2v) is 5.02. The normalized spacial score (nSPS) is 12.3. The summed E-state index contributed by atoms with van der Waals surface area (Å²) in [6.07, 6.45) is 1.26. The van der Waals surface area contributed by atoms with Crippen LogP contribution in [-0.4, -0.2) is 48.6 Å². The predicted molar refractivity (Wildman–Crippen MR) is 84.6 cm³/mol. The Morgan fingerprint density at radius 2 is 2.04 bits per heavy atom. The molecule has 0 aliphatic rings. The summed E-state index contributed by atoms with van der Waals surface area (Å²) in [7, 11) is 1.28. The maximum absolute atomic E-state index is 11.9. The van der Waals surface area contributed by atoms with E-state index in [-0.39, 0.29) is 6.61 Å². The van der Waals surface area contributed by atoms with E-state index in [9.17, 15) is 14.7 Å². The number of carbonyl (C=O) groups is 2. The van der Waals surface area contributed by atoms with Gasteiger partial charge in [-0.1, -0.05) is 18.2 Å². The number of aliphatic carboxylic acids is 1. The summed E-state index contributed by atoms with van der Waals surface area (Å²) in [6.45, 7) is 1.06. The first-order valence-corrected chi connectivity index (χ1v) is 7.29. The van der Waals surface area contributed by atoms with Crippen LogP contribution in [0.5, 0.6) is 0 Å². The molecule has 2 rings (SSSR count). The minimum atomic E-state index is -0.964. The van der Waals surface area contributed by atoms with Crippen molar-refractivity contribution in [3.8, 4) is 0 Å². The van der Waals surface area contributed by atoms with Crippen LogP contribution in [0.4, 0.5) is 4.79 Å². The van der Waals surface area contributed by atoms with Crippen molar-refractivity contribution in [2.24, 2.45) is 5.73 Å². The lowest BCUT2D eigenvalue weighted by Crippen LogP contribution is -2.16. The molecule has 0 saturated carbocycles. The molecule has 2 aromatic rings. The molecule has 0 radical (unpaired) electrons. The monoisotopic (exact) mass is 320 g/mol. The topological polar surface area (TPSA) is 104 Å². The minimum Gasteiger partial charge on any atom is -0.481 e. The number of nitrogens with two attached hydrogens (primary N) is 1. The fourth-order valence-electron chi connectivity index (χ4n) is 2.53. The van der Waals surface area contributed by atoms with Crippen LogP contribution in [0.25, 0.3) is 10.9 Å². The Hall–Kier alpha value is -2.38. The maximum Gasteiger partial charge on any atom is 0.418 e. The van der Waals surface area contributed by atoms with Crippen LogP contribution < -0.4 is 5.73 Å². The Morgan fingerprint density at radius 3 is 2.70 bits per heavy atom. The van der Waals surface area contributed by atoms with Gasteiger partial charge in [0.15, 0.2) is 0 Å². The number of benzene rings is 1. The molecule has 0 bridgehead atoms. The van der Waals surface area contributed by atoms with Gasteiger partial charge in [0.25, 0.3) is 0 Å². The van der Waals surface area contributed by atoms with Gasteiger partial charge in [0, 0.05) is 24.7 Å². The fourth-order valence-corrected chi connectivity index (χ4v) is 2.53. The zero-order valence-electron chi connectivity index (χ0n) is 12.9. The molecule has 0 aliphatic carbocycles. The summed E-state index contributed by atoms with van der Waals surface area (Å²) < 4.78 is 11.4. The molecule has 0 saturated heterocycles. The summed E-state index contributed by atoms with van der Waals surface area (Å²) in [5, 5.41) is 10.3. The number of methoxy groups -OCH3 is 1. The Balaban J connectivity index is 2.39. The average Bonchev–Trinajstić information content (AvgIpc) is 2.93. The molecule has 0 aliphatic heterocycles. The van der Waals surface area contributed by atoms with E-state index < -0.39 is 18.0 Å². The van der Waals surface area contributed by atoms with Gasteiger partial charge in [0.1, 0.15) is 0 Å². The number of ether oxygens (including phenoxy) is 2. The van der Waals surface area contributed by atoms with Crippen molar-refractivity contribution >= 4 is 23.0 Å². The quantitative estimate of drug-likeness (QED) is 0.754. The Kier molecular flexibility index (Phi) is 5.72. The SMILES string of the molecule is COC(=O)n1cc(C(CCOCCN)C(=O)O)c2ccccc21. The summed E-state index contributed by atoms with van der Waals surface area (Å²) in [5.41, 5.74) is 6.53. The van der Waals surface area contributed by atoms with Crippen molar-refractivity contribution in [1.82, 2.24) is 4.57 Å². The van der Waals surface area contributed by atoms with Crippen LogP contribution in [0.3, 0.4) is 0 Å². The van der Waals surface area contributed by atoms with Crippen molar-refractivity contribution in [2.45, 2.75) is 12.3 Å². The van der Waals surface area contributed by atoms with E-state index in [4.69, 9.17) is 15.2 Å². The zero-order chi connectivity index (χ0) is 16.8. The highest BCUT2D eigenvalue weighted by molar-refractivity contribution is 5.95. The second-order valence-electron chi connectivity index (χ2n) is 5.02. The van der Waals surface area contributed by atoms with Gasteiger partial charge in [-0.25, -0.2) is 4.79 Å². The van der Waals surface area contributed by atoms with Gasteiger partial charge in [0.05, 0.1) is 25.2 Å². The number of hydrogen-bond donors (Lipinski definition) is 2. The number of para-hydroxylation sites is 1. The fraction of sp³-hybridized carbons (Fsp3) is 0.375. The van der Waals surface area contributed by atoms with E-state index in [0.717, 1.165) is 0 Å².